The van der Waals surface area contributed by atoms with Gasteiger partial charge in [0.15, 0.2) is 0 Å². The summed E-state index contributed by atoms with van der Waals surface area (Å²) < 4.78 is 0.985. The van der Waals surface area contributed by atoms with Crippen molar-refractivity contribution in [3.05, 3.63) is 41.7 Å². The van der Waals surface area contributed by atoms with Gasteiger partial charge < -0.3 is 4.90 Å². The molecule has 0 spiro atoms. The van der Waals surface area contributed by atoms with Crippen molar-refractivity contribution in [3.8, 4) is 11.3 Å². The molecule has 0 fully saturated rings. The number of anilines is 1. The molecule has 0 bridgehead atoms. The van der Waals surface area contributed by atoms with Gasteiger partial charge in [-0.05, 0) is 12.1 Å². The average Bonchev–Trinajstić information content (AvgIpc) is 2.93. The van der Waals surface area contributed by atoms with Gasteiger partial charge in [0, 0.05) is 37.1 Å². The van der Waals surface area contributed by atoms with Crippen LogP contribution in [0, 0.1) is 0 Å². The molecule has 3 heterocycles. The van der Waals surface area contributed by atoms with E-state index in [0.29, 0.717) is 11.0 Å². The second-order valence-corrected chi connectivity index (χ2v) is 6.70. The van der Waals surface area contributed by atoms with Gasteiger partial charge in [-0.3, -0.25) is 0 Å². The van der Waals surface area contributed by atoms with Crippen molar-refractivity contribution < 1.29 is 0 Å². The summed E-state index contributed by atoms with van der Waals surface area (Å²) in [6.45, 7) is 0. The third-order valence-electron chi connectivity index (χ3n) is 3.46. The first kappa shape index (κ1) is 14.3. The fourth-order valence-corrected chi connectivity index (χ4v) is 3.54. The lowest BCUT2D eigenvalue weighted by Crippen LogP contribution is -2.13. The Bertz CT molecular complexity index is 1010. The predicted octanol–water partition coefficient (Wildman–Crippen LogP) is 4.02. The topological polar surface area (TPSA) is 54.8 Å². The molecule has 1 aromatic carbocycles. The minimum absolute atomic E-state index is 0.646. The summed E-state index contributed by atoms with van der Waals surface area (Å²) in [4.78, 5) is 21.0. The van der Waals surface area contributed by atoms with E-state index in [9.17, 15) is 0 Å². The van der Waals surface area contributed by atoms with Crippen molar-refractivity contribution in [2.45, 2.75) is 0 Å². The molecule has 0 aliphatic carbocycles. The summed E-state index contributed by atoms with van der Waals surface area (Å²) in [5.74, 6) is 0.646. The minimum Gasteiger partial charge on any atom is -0.347 e. The van der Waals surface area contributed by atoms with Gasteiger partial charge in [-0.15, -0.1) is 11.3 Å². The van der Waals surface area contributed by atoms with Crippen LogP contribution in [0.1, 0.15) is 0 Å². The van der Waals surface area contributed by atoms with Crippen LogP contribution in [0.4, 0.5) is 5.95 Å². The Labute approximate surface area is 141 Å². The van der Waals surface area contributed by atoms with Crippen LogP contribution in [-0.2, 0) is 0 Å². The van der Waals surface area contributed by atoms with E-state index in [4.69, 9.17) is 16.6 Å². The molecule has 114 valence electrons. The molecule has 0 atom stereocenters. The number of hydrogen-bond acceptors (Lipinski definition) is 6. The highest BCUT2D eigenvalue weighted by Crippen LogP contribution is 2.37. The van der Waals surface area contributed by atoms with E-state index >= 15 is 0 Å². The third kappa shape index (κ3) is 2.40. The Hall–Kier alpha value is -2.31. The zero-order valence-corrected chi connectivity index (χ0v) is 14.1. The highest BCUT2D eigenvalue weighted by atomic mass is 35.5. The Kier molecular flexibility index (Phi) is 3.36. The van der Waals surface area contributed by atoms with Crippen molar-refractivity contribution >= 4 is 49.4 Å². The van der Waals surface area contributed by atoms with Crippen LogP contribution in [0.5, 0.6) is 0 Å². The van der Waals surface area contributed by atoms with Gasteiger partial charge in [0.25, 0.3) is 0 Å². The van der Waals surface area contributed by atoms with Crippen molar-refractivity contribution in [1.82, 2.24) is 19.9 Å². The molecule has 4 rings (SSSR count). The zero-order chi connectivity index (χ0) is 16.0. The lowest BCUT2D eigenvalue weighted by Gasteiger charge is -2.12. The van der Waals surface area contributed by atoms with Crippen molar-refractivity contribution in [2.24, 2.45) is 0 Å². The van der Waals surface area contributed by atoms with Crippen LogP contribution in [0.2, 0.25) is 5.02 Å². The minimum atomic E-state index is 0.646. The second-order valence-electron chi connectivity index (χ2n) is 5.26. The predicted molar refractivity (Wildman–Crippen MR) is 95.3 cm³/mol. The van der Waals surface area contributed by atoms with Crippen LogP contribution < -0.4 is 4.90 Å². The summed E-state index contributed by atoms with van der Waals surface area (Å²) in [7, 11) is 3.85. The van der Waals surface area contributed by atoms with E-state index in [0.717, 1.165) is 31.8 Å². The molecule has 0 saturated carbocycles. The average molecular weight is 342 g/mol. The quantitative estimate of drug-likeness (QED) is 0.551. The Morgan fingerprint density at radius 1 is 0.957 bits per heavy atom. The molecule has 4 aromatic rings. The maximum atomic E-state index is 6.00. The lowest BCUT2D eigenvalue weighted by molar-refractivity contribution is 1.02. The molecule has 0 saturated heterocycles. The second kappa shape index (κ2) is 5.40. The number of nitrogens with zero attached hydrogens (tertiary/aromatic N) is 5. The van der Waals surface area contributed by atoms with E-state index in [1.54, 1.807) is 23.7 Å². The number of aromatic nitrogens is 4. The van der Waals surface area contributed by atoms with Gasteiger partial charge in [0.1, 0.15) is 15.9 Å². The van der Waals surface area contributed by atoms with Crippen LogP contribution in [0.15, 0.2) is 36.7 Å². The molecule has 23 heavy (non-hydrogen) atoms. The van der Waals surface area contributed by atoms with Crippen molar-refractivity contribution in [3.63, 3.8) is 0 Å². The summed E-state index contributed by atoms with van der Waals surface area (Å²) in [5, 5.41) is 0.701. The fourth-order valence-electron chi connectivity index (χ4n) is 2.36. The van der Waals surface area contributed by atoms with Gasteiger partial charge in [-0.25, -0.2) is 19.9 Å². The Morgan fingerprint density at radius 3 is 2.43 bits per heavy atom. The molecule has 7 heteroatoms. The number of rotatable bonds is 2. The monoisotopic (exact) mass is 341 g/mol. The molecule has 0 N–H and O–H groups in total. The number of hydrogen-bond donors (Lipinski definition) is 0. The van der Waals surface area contributed by atoms with E-state index in [1.165, 1.54) is 0 Å². The zero-order valence-electron chi connectivity index (χ0n) is 12.5. The van der Waals surface area contributed by atoms with Gasteiger partial charge in [-0.2, -0.15) is 0 Å². The highest BCUT2D eigenvalue weighted by molar-refractivity contribution is 7.25. The molecule has 0 unspecified atom stereocenters. The van der Waals surface area contributed by atoms with Crippen LogP contribution >= 0.6 is 22.9 Å². The first-order chi connectivity index (χ1) is 11.1. The molecule has 0 amide bonds. The van der Waals surface area contributed by atoms with Gasteiger partial charge in [0.2, 0.25) is 5.95 Å². The van der Waals surface area contributed by atoms with Crippen molar-refractivity contribution in [2.75, 3.05) is 19.0 Å². The van der Waals surface area contributed by atoms with E-state index in [-0.39, 0.29) is 0 Å². The van der Waals surface area contributed by atoms with E-state index < -0.39 is 0 Å². The highest BCUT2D eigenvalue weighted by Gasteiger charge is 2.17. The standard InChI is InChI=1S/C16H12ClN5S/c1-22(2)16-20-11(9-3-5-10(17)6-4-9)14-12(21-16)13-15(23-14)19-8-7-18-13/h3-8H,1-2H3. The molecule has 0 aliphatic heterocycles. The number of benzene rings is 1. The van der Waals surface area contributed by atoms with Crippen molar-refractivity contribution in [1.29, 1.82) is 0 Å². The normalized spacial score (nSPS) is 11.3. The Morgan fingerprint density at radius 2 is 1.70 bits per heavy atom. The molecule has 3 aromatic heterocycles. The number of thiophene rings is 1. The Balaban J connectivity index is 2.10. The van der Waals surface area contributed by atoms with E-state index in [2.05, 4.69) is 15.0 Å². The molecule has 0 radical (unpaired) electrons. The number of halogens is 1. The van der Waals surface area contributed by atoms with Crippen LogP contribution in [-0.4, -0.2) is 34.0 Å². The molecular formula is C16H12ClN5S. The van der Waals surface area contributed by atoms with E-state index in [1.807, 2.05) is 43.3 Å². The van der Waals surface area contributed by atoms with Gasteiger partial charge in [0.05, 0.1) is 10.4 Å². The maximum absolute atomic E-state index is 6.00. The summed E-state index contributed by atoms with van der Waals surface area (Å²) >= 11 is 7.56. The maximum Gasteiger partial charge on any atom is 0.226 e. The largest absolute Gasteiger partial charge is 0.347 e. The SMILES string of the molecule is CN(C)c1nc(-c2ccc(Cl)cc2)c2sc3nccnc3c2n1. The first-order valence-electron chi connectivity index (χ1n) is 6.98. The number of fused-ring (bicyclic) bond motifs is 3. The van der Waals surface area contributed by atoms with Gasteiger partial charge in [-0.1, -0.05) is 23.7 Å². The molecule has 0 aliphatic rings. The fraction of sp³-hybridized carbons (Fsp3) is 0.125. The lowest BCUT2D eigenvalue weighted by atomic mass is 10.1. The first-order valence-corrected chi connectivity index (χ1v) is 8.17. The van der Waals surface area contributed by atoms with Crippen LogP contribution in [0.25, 0.3) is 31.8 Å². The molecular weight excluding hydrogens is 330 g/mol. The summed E-state index contributed by atoms with van der Waals surface area (Å²) in [5.41, 5.74) is 3.52. The molecule has 5 nitrogen and oxygen atoms in total. The third-order valence-corrected chi connectivity index (χ3v) is 4.79. The van der Waals surface area contributed by atoms with Crippen LogP contribution in [0.3, 0.4) is 0 Å². The smallest absolute Gasteiger partial charge is 0.226 e. The van der Waals surface area contributed by atoms with Gasteiger partial charge >= 0.3 is 0 Å². The summed E-state index contributed by atoms with van der Waals surface area (Å²) in [6.07, 6.45) is 3.38. The summed E-state index contributed by atoms with van der Waals surface area (Å²) in [6, 6.07) is 7.66.